The van der Waals surface area contributed by atoms with Gasteiger partial charge in [-0.3, -0.25) is 9.78 Å². The number of aliphatic hydroxyl groups is 1. The number of aromatic nitrogens is 1. The van der Waals surface area contributed by atoms with E-state index >= 15 is 0 Å². The van der Waals surface area contributed by atoms with Crippen molar-refractivity contribution in [1.82, 2.24) is 14.2 Å². The van der Waals surface area contributed by atoms with Crippen LogP contribution in [0.2, 0.25) is 0 Å². The van der Waals surface area contributed by atoms with Gasteiger partial charge in [0.15, 0.2) is 0 Å². The van der Waals surface area contributed by atoms with Crippen molar-refractivity contribution < 1.29 is 23.1 Å². The molecule has 1 aromatic heterocycles. The Balaban J connectivity index is 2.02. The van der Waals surface area contributed by atoms with E-state index in [9.17, 15) is 18.3 Å². The van der Waals surface area contributed by atoms with E-state index in [4.69, 9.17) is 4.74 Å². The minimum atomic E-state index is -3.93. The van der Waals surface area contributed by atoms with Crippen LogP contribution in [-0.2, 0) is 10.0 Å². The van der Waals surface area contributed by atoms with Crippen LogP contribution in [0.4, 0.5) is 0 Å². The number of rotatable bonds is 5. The summed E-state index contributed by atoms with van der Waals surface area (Å²) in [5, 5.41) is 9.78. The summed E-state index contributed by atoms with van der Waals surface area (Å²) in [4.78, 5) is 18.5. The summed E-state index contributed by atoms with van der Waals surface area (Å²) < 4.78 is 34.7. The maximum Gasteiger partial charge on any atom is 0.255 e. The van der Waals surface area contributed by atoms with E-state index in [0.717, 1.165) is 0 Å². The summed E-state index contributed by atoms with van der Waals surface area (Å²) in [6.07, 6.45) is 2.61. The third-order valence-electron chi connectivity index (χ3n) is 5.88. The van der Waals surface area contributed by atoms with E-state index in [-0.39, 0.29) is 48.1 Å². The topological polar surface area (TPSA) is 100 Å². The summed E-state index contributed by atoms with van der Waals surface area (Å²) in [6.45, 7) is 7.56. The Kier molecular flexibility index (Phi) is 8.54. The van der Waals surface area contributed by atoms with Gasteiger partial charge in [-0.25, -0.2) is 8.42 Å². The van der Waals surface area contributed by atoms with Gasteiger partial charge in [-0.2, -0.15) is 4.31 Å². The Bertz CT molecular complexity index is 1200. The number of carbonyl (C=O) groups is 1. The number of fused-ring (bicyclic) bond motifs is 1. The summed E-state index contributed by atoms with van der Waals surface area (Å²) >= 11 is 0. The number of pyridine rings is 1. The van der Waals surface area contributed by atoms with E-state index in [0.29, 0.717) is 11.1 Å². The van der Waals surface area contributed by atoms with Crippen molar-refractivity contribution in [3.8, 4) is 17.6 Å². The number of hydrogen-bond acceptors (Lipinski definition) is 6. The zero-order chi connectivity index (χ0) is 25.8. The molecule has 0 radical (unpaired) electrons. The van der Waals surface area contributed by atoms with Crippen LogP contribution >= 0.6 is 0 Å². The van der Waals surface area contributed by atoms with Gasteiger partial charge in [-0.15, -0.1) is 0 Å². The Labute approximate surface area is 208 Å². The number of sulfonamides is 1. The molecule has 0 saturated heterocycles. The quantitative estimate of drug-likeness (QED) is 0.635. The van der Waals surface area contributed by atoms with Gasteiger partial charge in [-0.1, -0.05) is 32.6 Å². The van der Waals surface area contributed by atoms with Crippen LogP contribution in [0.5, 0.6) is 5.75 Å². The SMILES string of the molecule is CC(C)C#Cc1ccc2c(c1)O[C@H](CN(C)C(=O)c1cccnc1)[C@@H](C)CN([C@@H](C)CO)S2(=O)=O. The maximum atomic E-state index is 13.5. The van der Waals surface area contributed by atoms with Gasteiger partial charge in [-0.05, 0) is 37.3 Å². The third kappa shape index (κ3) is 6.20. The molecule has 1 aliphatic rings. The minimum Gasteiger partial charge on any atom is -0.487 e. The molecule has 0 bridgehead atoms. The Morgan fingerprint density at radius 1 is 1.31 bits per heavy atom. The number of likely N-dealkylation sites (N-methyl/N-ethyl adjacent to an activating group) is 1. The Morgan fingerprint density at radius 2 is 2.06 bits per heavy atom. The lowest BCUT2D eigenvalue weighted by Gasteiger charge is -2.37. The number of hydrogen-bond donors (Lipinski definition) is 1. The molecule has 188 valence electrons. The lowest BCUT2D eigenvalue weighted by Crippen LogP contribution is -2.50. The molecule has 9 heteroatoms. The average Bonchev–Trinajstić information content (AvgIpc) is 2.84. The van der Waals surface area contributed by atoms with Gasteiger partial charge in [0.25, 0.3) is 5.91 Å². The summed E-state index contributed by atoms with van der Waals surface area (Å²) in [5.74, 6) is 6.00. The summed E-state index contributed by atoms with van der Waals surface area (Å²) in [7, 11) is -2.25. The van der Waals surface area contributed by atoms with Gasteiger partial charge in [0.2, 0.25) is 10.0 Å². The van der Waals surface area contributed by atoms with Crippen LogP contribution in [0.3, 0.4) is 0 Å². The second-order valence-electron chi connectivity index (χ2n) is 9.25. The molecule has 35 heavy (non-hydrogen) atoms. The monoisotopic (exact) mass is 499 g/mol. The van der Waals surface area contributed by atoms with Gasteiger partial charge >= 0.3 is 0 Å². The largest absolute Gasteiger partial charge is 0.487 e. The van der Waals surface area contributed by atoms with E-state index in [1.807, 2.05) is 20.8 Å². The molecule has 2 heterocycles. The Morgan fingerprint density at radius 3 is 2.69 bits per heavy atom. The zero-order valence-corrected chi connectivity index (χ0v) is 21.6. The first kappa shape index (κ1) is 26.7. The van der Waals surface area contributed by atoms with Crippen molar-refractivity contribution in [2.75, 3.05) is 26.7 Å². The van der Waals surface area contributed by atoms with Crippen molar-refractivity contribution in [1.29, 1.82) is 0 Å². The third-order valence-corrected chi connectivity index (χ3v) is 7.90. The average molecular weight is 500 g/mol. The second-order valence-corrected chi connectivity index (χ2v) is 11.1. The molecule has 0 fully saturated rings. The lowest BCUT2D eigenvalue weighted by atomic mass is 10.0. The Hall–Kier alpha value is -2.93. The fourth-order valence-electron chi connectivity index (χ4n) is 3.81. The normalized spacial score (nSPS) is 20.4. The summed E-state index contributed by atoms with van der Waals surface area (Å²) in [6, 6.07) is 7.58. The first-order valence-electron chi connectivity index (χ1n) is 11.6. The van der Waals surface area contributed by atoms with Crippen molar-refractivity contribution in [2.24, 2.45) is 11.8 Å². The summed E-state index contributed by atoms with van der Waals surface area (Å²) in [5.41, 5.74) is 1.10. The highest BCUT2D eigenvalue weighted by Gasteiger charge is 2.38. The minimum absolute atomic E-state index is 0.0195. The predicted octanol–water partition coefficient (Wildman–Crippen LogP) is 2.63. The number of amides is 1. The van der Waals surface area contributed by atoms with Crippen molar-refractivity contribution in [2.45, 2.75) is 44.7 Å². The highest BCUT2D eigenvalue weighted by molar-refractivity contribution is 7.89. The van der Waals surface area contributed by atoms with Gasteiger partial charge < -0.3 is 14.7 Å². The van der Waals surface area contributed by atoms with Crippen molar-refractivity contribution >= 4 is 15.9 Å². The van der Waals surface area contributed by atoms with Crippen LogP contribution in [0.25, 0.3) is 0 Å². The standard InChI is InChI=1S/C26H33N3O5S/c1-18(2)8-9-21-10-11-25-23(13-21)34-24(16-28(5)26(31)22-7-6-12-27-14-22)19(3)15-29(20(4)17-30)35(25,32)33/h6-7,10-14,18-20,24,30H,15-17H2,1-5H3/t19-,20-,24+/m0/s1. The number of aliphatic hydroxyl groups excluding tert-OH is 1. The first-order chi connectivity index (χ1) is 16.5. The number of carbonyl (C=O) groups excluding carboxylic acids is 1. The van der Waals surface area contributed by atoms with E-state index in [2.05, 4.69) is 16.8 Å². The molecule has 0 saturated carbocycles. The molecule has 3 rings (SSSR count). The molecule has 1 aromatic carbocycles. The zero-order valence-electron chi connectivity index (χ0n) is 20.8. The van der Waals surface area contributed by atoms with E-state index < -0.39 is 22.2 Å². The van der Waals surface area contributed by atoms with Crippen molar-refractivity contribution in [3.63, 3.8) is 0 Å². The van der Waals surface area contributed by atoms with Gasteiger partial charge in [0.1, 0.15) is 16.7 Å². The fourth-order valence-corrected chi connectivity index (χ4v) is 5.64. The highest BCUT2D eigenvalue weighted by atomic mass is 32.2. The van der Waals surface area contributed by atoms with E-state index in [1.165, 1.54) is 16.6 Å². The molecule has 0 unspecified atom stereocenters. The molecule has 0 spiro atoms. The number of nitrogens with zero attached hydrogens (tertiary/aromatic N) is 3. The second kappa shape index (κ2) is 11.2. The van der Waals surface area contributed by atoms with Crippen LogP contribution in [0.1, 0.15) is 43.6 Å². The molecular weight excluding hydrogens is 466 g/mol. The van der Waals surface area contributed by atoms with Crippen LogP contribution in [-0.4, -0.2) is 72.5 Å². The lowest BCUT2D eigenvalue weighted by molar-refractivity contribution is 0.0563. The maximum absolute atomic E-state index is 13.5. The van der Waals surface area contributed by atoms with Crippen molar-refractivity contribution in [3.05, 3.63) is 53.9 Å². The molecule has 8 nitrogen and oxygen atoms in total. The molecular formula is C26H33N3O5S. The first-order valence-corrected chi connectivity index (χ1v) is 13.1. The molecule has 1 amide bonds. The number of benzene rings is 1. The predicted molar refractivity (Wildman–Crippen MR) is 133 cm³/mol. The molecule has 0 aliphatic carbocycles. The fraction of sp³-hybridized carbons (Fsp3) is 0.462. The smallest absolute Gasteiger partial charge is 0.255 e. The van der Waals surface area contributed by atoms with Crippen LogP contribution in [0.15, 0.2) is 47.6 Å². The van der Waals surface area contributed by atoms with Gasteiger partial charge in [0, 0.05) is 49.4 Å². The van der Waals surface area contributed by atoms with Crippen LogP contribution in [0, 0.1) is 23.7 Å². The number of ether oxygens (including phenoxy) is 1. The molecule has 1 aliphatic heterocycles. The molecule has 2 aromatic rings. The molecule has 3 atom stereocenters. The molecule has 1 N–H and O–H groups in total. The highest BCUT2D eigenvalue weighted by Crippen LogP contribution is 2.34. The van der Waals surface area contributed by atoms with Crippen LogP contribution < -0.4 is 4.74 Å². The van der Waals surface area contributed by atoms with E-state index in [1.54, 1.807) is 49.3 Å². The van der Waals surface area contributed by atoms with Gasteiger partial charge in [0.05, 0.1) is 18.7 Å².